The first kappa shape index (κ1) is 11.5. The first-order chi connectivity index (χ1) is 5.33. The third-order valence-corrected chi connectivity index (χ3v) is 1.86. The number of hydrogen-bond donors (Lipinski definition) is 1. The van der Waals surface area contributed by atoms with E-state index in [2.05, 4.69) is 16.8 Å². The molecule has 4 heteroatoms. The zero-order valence-corrected chi connectivity index (χ0v) is 7.90. The molecule has 0 unspecified atom stereocenters. The first-order valence-electron chi connectivity index (χ1n) is 3.95. The normalized spacial score (nSPS) is 16.7. The third-order valence-electron chi connectivity index (χ3n) is 1.86. The van der Waals surface area contributed by atoms with Crippen molar-refractivity contribution in [3.8, 4) is 0 Å². The largest absolute Gasteiger partial charge is 0.340 e. The van der Waals surface area contributed by atoms with Gasteiger partial charge in [-0.3, -0.25) is 9.69 Å². The van der Waals surface area contributed by atoms with E-state index in [1.165, 1.54) is 18.9 Å². The molecule has 0 aromatic rings. The molecule has 1 fully saturated rings. The Balaban J connectivity index is 0.00000121. The first-order valence-corrected chi connectivity index (χ1v) is 3.95. The van der Waals surface area contributed by atoms with Crippen LogP contribution in [0.5, 0.6) is 0 Å². The summed E-state index contributed by atoms with van der Waals surface area (Å²) in [5.41, 5.74) is 0. The molecule has 1 rings (SSSR count). The van der Waals surface area contributed by atoms with E-state index in [1.54, 1.807) is 0 Å². The average Bonchev–Trinajstić information content (AvgIpc) is 2.52. The van der Waals surface area contributed by atoms with Crippen molar-refractivity contribution in [2.75, 3.05) is 19.8 Å². The summed E-state index contributed by atoms with van der Waals surface area (Å²) in [5, 5.41) is 2.74. The van der Waals surface area contributed by atoms with Crippen molar-refractivity contribution in [2.45, 2.75) is 12.8 Å². The van der Waals surface area contributed by atoms with E-state index in [0.29, 0.717) is 6.67 Å². The Morgan fingerprint density at radius 2 is 2.08 bits per heavy atom. The molecule has 70 valence electrons. The molecule has 1 amide bonds. The van der Waals surface area contributed by atoms with Crippen LogP contribution in [0.4, 0.5) is 0 Å². The lowest BCUT2D eigenvalue weighted by atomic mass is 10.4. The zero-order valence-electron chi connectivity index (χ0n) is 7.08. The number of rotatable bonds is 3. The van der Waals surface area contributed by atoms with E-state index in [9.17, 15) is 4.79 Å². The third kappa shape index (κ3) is 3.74. The van der Waals surface area contributed by atoms with Crippen LogP contribution in [0.15, 0.2) is 12.7 Å². The van der Waals surface area contributed by atoms with Gasteiger partial charge in [0.1, 0.15) is 0 Å². The highest BCUT2D eigenvalue weighted by Crippen LogP contribution is 2.04. The molecular formula is C8H15ClN2O. The number of carbonyl (C=O) groups is 1. The van der Waals surface area contributed by atoms with Gasteiger partial charge >= 0.3 is 0 Å². The van der Waals surface area contributed by atoms with Crippen LogP contribution in [0.25, 0.3) is 0 Å². The fourth-order valence-electron chi connectivity index (χ4n) is 1.20. The van der Waals surface area contributed by atoms with Crippen molar-refractivity contribution in [3.63, 3.8) is 0 Å². The second-order valence-corrected chi connectivity index (χ2v) is 2.73. The zero-order chi connectivity index (χ0) is 8.10. The summed E-state index contributed by atoms with van der Waals surface area (Å²) in [6.45, 7) is 6.26. The average molecular weight is 191 g/mol. The molecule has 1 saturated heterocycles. The summed E-state index contributed by atoms with van der Waals surface area (Å²) in [5.74, 6) is -0.0862. The maximum atomic E-state index is 10.7. The van der Waals surface area contributed by atoms with E-state index in [-0.39, 0.29) is 18.3 Å². The maximum Gasteiger partial charge on any atom is 0.244 e. The van der Waals surface area contributed by atoms with E-state index in [0.717, 1.165) is 13.1 Å². The summed E-state index contributed by atoms with van der Waals surface area (Å²) in [4.78, 5) is 12.9. The van der Waals surface area contributed by atoms with Crippen molar-refractivity contribution < 1.29 is 4.79 Å². The summed E-state index contributed by atoms with van der Waals surface area (Å²) >= 11 is 0. The highest BCUT2D eigenvalue weighted by molar-refractivity contribution is 5.86. The summed E-state index contributed by atoms with van der Waals surface area (Å²) in [7, 11) is 0. The molecule has 0 aliphatic carbocycles. The fourth-order valence-corrected chi connectivity index (χ4v) is 1.20. The van der Waals surface area contributed by atoms with Gasteiger partial charge < -0.3 is 5.32 Å². The summed E-state index contributed by atoms with van der Waals surface area (Å²) in [6.07, 6.45) is 3.81. The van der Waals surface area contributed by atoms with Crippen LogP contribution in [-0.2, 0) is 4.79 Å². The van der Waals surface area contributed by atoms with Gasteiger partial charge in [0.15, 0.2) is 0 Å². The Labute approximate surface area is 79.2 Å². The van der Waals surface area contributed by atoms with Gasteiger partial charge in [0, 0.05) is 0 Å². The number of hydrogen-bond acceptors (Lipinski definition) is 2. The van der Waals surface area contributed by atoms with Gasteiger partial charge in [-0.25, -0.2) is 0 Å². The lowest BCUT2D eigenvalue weighted by Crippen LogP contribution is -2.34. The molecular weight excluding hydrogens is 176 g/mol. The van der Waals surface area contributed by atoms with Gasteiger partial charge in [0.25, 0.3) is 0 Å². The number of carbonyl (C=O) groups excluding carboxylic acids is 1. The predicted octanol–water partition coefficient (Wildman–Crippen LogP) is 0.764. The molecule has 1 aliphatic rings. The smallest absolute Gasteiger partial charge is 0.244 e. The van der Waals surface area contributed by atoms with Gasteiger partial charge in [0.05, 0.1) is 6.67 Å². The second-order valence-electron chi connectivity index (χ2n) is 2.73. The molecule has 1 aliphatic heterocycles. The SMILES string of the molecule is C=CC(=O)NCN1CCCC1.Cl. The highest BCUT2D eigenvalue weighted by Gasteiger charge is 2.10. The van der Waals surface area contributed by atoms with Gasteiger partial charge in [0.2, 0.25) is 5.91 Å². The van der Waals surface area contributed by atoms with Crippen LogP contribution in [0.3, 0.4) is 0 Å². The van der Waals surface area contributed by atoms with E-state index >= 15 is 0 Å². The Morgan fingerprint density at radius 1 is 1.50 bits per heavy atom. The minimum absolute atomic E-state index is 0. The highest BCUT2D eigenvalue weighted by atomic mass is 35.5. The summed E-state index contributed by atoms with van der Waals surface area (Å²) < 4.78 is 0. The number of nitrogens with zero attached hydrogens (tertiary/aromatic N) is 1. The van der Waals surface area contributed by atoms with Crippen LogP contribution < -0.4 is 5.32 Å². The molecule has 3 nitrogen and oxygen atoms in total. The quantitative estimate of drug-likeness (QED) is 0.667. The molecule has 12 heavy (non-hydrogen) atoms. The number of likely N-dealkylation sites (tertiary alicyclic amines) is 1. The Hall–Kier alpha value is -0.540. The summed E-state index contributed by atoms with van der Waals surface area (Å²) in [6, 6.07) is 0. The van der Waals surface area contributed by atoms with Crippen molar-refractivity contribution in [2.24, 2.45) is 0 Å². The standard InChI is InChI=1S/C8H14N2O.ClH/c1-2-8(11)9-7-10-5-3-4-6-10;/h2H,1,3-7H2,(H,9,11);1H. The number of halogens is 1. The van der Waals surface area contributed by atoms with Crippen LogP contribution in [0.1, 0.15) is 12.8 Å². The van der Waals surface area contributed by atoms with Crippen molar-refractivity contribution >= 4 is 18.3 Å². The van der Waals surface area contributed by atoms with E-state index < -0.39 is 0 Å². The molecule has 1 heterocycles. The molecule has 0 bridgehead atoms. The molecule has 0 spiro atoms. The van der Waals surface area contributed by atoms with E-state index in [4.69, 9.17) is 0 Å². The predicted molar refractivity (Wildman–Crippen MR) is 51.3 cm³/mol. The topological polar surface area (TPSA) is 32.3 Å². The van der Waals surface area contributed by atoms with Crippen LogP contribution in [0.2, 0.25) is 0 Å². The minimum atomic E-state index is -0.0862. The molecule has 0 atom stereocenters. The Morgan fingerprint density at radius 3 is 2.58 bits per heavy atom. The van der Waals surface area contributed by atoms with Crippen LogP contribution in [-0.4, -0.2) is 30.6 Å². The molecule has 0 aromatic heterocycles. The van der Waals surface area contributed by atoms with Gasteiger partial charge in [-0.1, -0.05) is 6.58 Å². The lowest BCUT2D eigenvalue weighted by molar-refractivity contribution is -0.117. The van der Waals surface area contributed by atoms with Gasteiger partial charge in [-0.15, -0.1) is 12.4 Å². The molecule has 0 radical (unpaired) electrons. The molecule has 0 aromatic carbocycles. The van der Waals surface area contributed by atoms with Crippen molar-refractivity contribution in [1.29, 1.82) is 0 Å². The molecule has 0 saturated carbocycles. The lowest BCUT2D eigenvalue weighted by Gasteiger charge is -2.13. The monoisotopic (exact) mass is 190 g/mol. The minimum Gasteiger partial charge on any atom is -0.340 e. The van der Waals surface area contributed by atoms with E-state index in [1.807, 2.05) is 0 Å². The fraction of sp³-hybridized carbons (Fsp3) is 0.625. The maximum absolute atomic E-state index is 10.7. The molecule has 1 N–H and O–H groups in total. The van der Waals surface area contributed by atoms with Crippen molar-refractivity contribution in [1.82, 2.24) is 10.2 Å². The van der Waals surface area contributed by atoms with Crippen LogP contribution >= 0.6 is 12.4 Å². The Kier molecular flexibility index (Phi) is 5.76. The van der Waals surface area contributed by atoms with Crippen molar-refractivity contribution in [3.05, 3.63) is 12.7 Å². The van der Waals surface area contributed by atoms with Gasteiger partial charge in [-0.2, -0.15) is 0 Å². The number of amides is 1. The second kappa shape index (κ2) is 6.03. The van der Waals surface area contributed by atoms with Gasteiger partial charge in [-0.05, 0) is 32.0 Å². The number of nitrogens with one attached hydrogen (secondary N) is 1. The van der Waals surface area contributed by atoms with Crippen LogP contribution in [0, 0.1) is 0 Å². The Bertz CT molecular complexity index is 155.